The van der Waals surface area contributed by atoms with Gasteiger partial charge in [-0.15, -0.1) is 0 Å². The van der Waals surface area contributed by atoms with Crippen molar-refractivity contribution < 1.29 is 9.53 Å². The molecule has 1 amide bonds. The van der Waals surface area contributed by atoms with Gasteiger partial charge in [-0.2, -0.15) is 0 Å². The van der Waals surface area contributed by atoms with Gasteiger partial charge in [-0.1, -0.05) is 6.58 Å². The molecular weight excluding hydrogens is 274 g/mol. The Balaban J connectivity index is 2.52. The number of pyridine rings is 1. The second-order valence-electron chi connectivity index (χ2n) is 2.78. The summed E-state index contributed by atoms with van der Waals surface area (Å²) in [6.45, 7) is 5.67. The van der Waals surface area contributed by atoms with Crippen molar-refractivity contribution in [1.82, 2.24) is 10.3 Å². The van der Waals surface area contributed by atoms with E-state index in [0.717, 1.165) is 4.47 Å². The summed E-state index contributed by atoms with van der Waals surface area (Å²) in [5.74, 6) is 0.877. The Morgan fingerprint density at radius 1 is 1.69 bits per heavy atom. The minimum absolute atomic E-state index is 0.304. The standard InChI is InChI=1S/C10H12BrN3O2/c1-3-16-10(15)14-7(2)13-9-8(11)5-4-6-12-9/h4-6H,2-3H2,1H3,(H,12,13)(H,14,15). The molecule has 0 saturated carbocycles. The number of carbonyl (C=O) groups excluding carboxylic acids is 1. The molecule has 0 radical (unpaired) electrons. The van der Waals surface area contributed by atoms with Crippen molar-refractivity contribution in [2.75, 3.05) is 11.9 Å². The van der Waals surface area contributed by atoms with Gasteiger partial charge in [0.1, 0.15) is 11.6 Å². The molecular formula is C10H12BrN3O2. The van der Waals surface area contributed by atoms with Crippen LogP contribution in [0, 0.1) is 0 Å². The van der Waals surface area contributed by atoms with Crippen LogP contribution in [0.1, 0.15) is 6.92 Å². The zero-order chi connectivity index (χ0) is 12.0. The summed E-state index contributed by atoms with van der Waals surface area (Å²) in [6, 6.07) is 3.61. The monoisotopic (exact) mass is 285 g/mol. The largest absolute Gasteiger partial charge is 0.450 e. The smallest absolute Gasteiger partial charge is 0.412 e. The number of ether oxygens (including phenoxy) is 1. The first-order valence-electron chi connectivity index (χ1n) is 4.63. The van der Waals surface area contributed by atoms with Gasteiger partial charge in [0, 0.05) is 6.20 Å². The van der Waals surface area contributed by atoms with Crippen LogP contribution in [0.5, 0.6) is 0 Å². The van der Waals surface area contributed by atoms with Gasteiger partial charge in [0.05, 0.1) is 11.1 Å². The van der Waals surface area contributed by atoms with E-state index in [2.05, 4.69) is 38.1 Å². The van der Waals surface area contributed by atoms with E-state index in [4.69, 9.17) is 4.74 Å². The minimum Gasteiger partial charge on any atom is -0.450 e. The quantitative estimate of drug-likeness (QED) is 0.892. The summed E-state index contributed by atoms with van der Waals surface area (Å²) in [5.41, 5.74) is 0. The van der Waals surface area contributed by atoms with Crippen LogP contribution in [0.3, 0.4) is 0 Å². The summed E-state index contributed by atoms with van der Waals surface area (Å²) < 4.78 is 5.48. The molecule has 1 aromatic rings. The fourth-order valence-electron chi connectivity index (χ4n) is 0.942. The molecule has 6 heteroatoms. The van der Waals surface area contributed by atoms with Gasteiger partial charge in [0.25, 0.3) is 0 Å². The third-order valence-corrected chi connectivity index (χ3v) is 2.20. The zero-order valence-corrected chi connectivity index (χ0v) is 10.4. The Hall–Kier alpha value is -1.56. The van der Waals surface area contributed by atoms with Crippen LogP contribution >= 0.6 is 15.9 Å². The van der Waals surface area contributed by atoms with Gasteiger partial charge < -0.3 is 10.1 Å². The van der Waals surface area contributed by atoms with Gasteiger partial charge in [-0.3, -0.25) is 5.32 Å². The lowest BCUT2D eigenvalue weighted by Gasteiger charge is -2.10. The minimum atomic E-state index is -0.549. The lowest BCUT2D eigenvalue weighted by atomic mass is 10.4. The second-order valence-corrected chi connectivity index (χ2v) is 3.64. The van der Waals surface area contributed by atoms with Gasteiger partial charge in [-0.05, 0) is 35.0 Å². The van der Waals surface area contributed by atoms with Crippen molar-refractivity contribution in [3.63, 3.8) is 0 Å². The Bertz CT molecular complexity index is 395. The summed E-state index contributed by atoms with van der Waals surface area (Å²) in [4.78, 5) is 15.1. The molecule has 0 aliphatic heterocycles. The summed E-state index contributed by atoms with van der Waals surface area (Å²) >= 11 is 3.31. The maximum atomic E-state index is 11.1. The topological polar surface area (TPSA) is 63.2 Å². The Morgan fingerprint density at radius 2 is 2.44 bits per heavy atom. The number of carbonyl (C=O) groups is 1. The predicted molar refractivity (Wildman–Crippen MR) is 64.9 cm³/mol. The van der Waals surface area contributed by atoms with Crippen molar-refractivity contribution in [1.29, 1.82) is 0 Å². The molecule has 1 rings (SSSR count). The van der Waals surface area contributed by atoms with Crippen LogP contribution in [0.15, 0.2) is 35.2 Å². The second kappa shape index (κ2) is 6.12. The Kier molecular flexibility index (Phi) is 4.78. The number of nitrogens with zero attached hydrogens (tertiary/aromatic N) is 1. The molecule has 0 aromatic carbocycles. The molecule has 1 aromatic heterocycles. The number of anilines is 1. The van der Waals surface area contributed by atoms with Crippen LogP contribution in [0.2, 0.25) is 0 Å². The molecule has 16 heavy (non-hydrogen) atoms. The lowest BCUT2D eigenvalue weighted by Crippen LogP contribution is -2.27. The molecule has 0 saturated heterocycles. The molecule has 0 unspecified atom stereocenters. The number of hydrogen-bond donors (Lipinski definition) is 2. The third kappa shape index (κ3) is 3.90. The highest BCUT2D eigenvalue weighted by molar-refractivity contribution is 9.10. The average Bonchev–Trinajstić information content (AvgIpc) is 2.21. The normalized spacial score (nSPS) is 9.38. The molecule has 0 bridgehead atoms. The SMILES string of the molecule is C=C(NC(=O)OCC)Nc1ncccc1Br. The molecule has 0 aliphatic carbocycles. The van der Waals surface area contributed by atoms with Crippen LogP contribution in [0.25, 0.3) is 0 Å². The van der Waals surface area contributed by atoms with Crippen LogP contribution in [-0.2, 0) is 4.74 Å². The lowest BCUT2D eigenvalue weighted by molar-refractivity contribution is 0.155. The van der Waals surface area contributed by atoms with E-state index < -0.39 is 6.09 Å². The fraction of sp³-hybridized carbons (Fsp3) is 0.200. The van der Waals surface area contributed by atoms with E-state index >= 15 is 0 Å². The van der Waals surface area contributed by atoms with E-state index in [9.17, 15) is 4.79 Å². The first-order chi connectivity index (χ1) is 7.63. The van der Waals surface area contributed by atoms with E-state index in [1.807, 2.05) is 6.07 Å². The summed E-state index contributed by atoms with van der Waals surface area (Å²) in [5, 5.41) is 5.26. The van der Waals surface area contributed by atoms with E-state index in [1.54, 1.807) is 19.2 Å². The molecule has 0 spiro atoms. The van der Waals surface area contributed by atoms with Crippen molar-refractivity contribution >= 4 is 27.8 Å². The van der Waals surface area contributed by atoms with Crippen LogP contribution < -0.4 is 10.6 Å². The number of alkyl carbamates (subject to hydrolysis) is 1. The van der Waals surface area contributed by atoms with Gasteiger partial charge in [0.2, 0.25) is 0 Å². The van der Waals surface area contributed by atoms with Crippen molar-refractivity contribution in [2.45, 2.75) is 6.92 Å². The third-order valence-electron chi connectivity index (χ3n) is 1.56. The highest BCUT2D eigenvalue weighted by Crippen LogP contribution is 2.18. The maximum Gasteiger partial charge on any atom is 0.412 e. The van der Waals surface area contributed by atoms with Gasteiger partial charge in [0.15, 0.2) is 0 Å². The van der Waals surface area contributed by atoms with Crippen molar-refractivity contribution in [2.24, 2.45) is 0 Å². The molecule has 0 fully saturated rings. The summed E-state index contributed by atoms with van der Waals surface area (Å²) in [6.07, 6.45) is 1.08. The van der Waals surface area contributed by atoms with Crippen LogP contribution in [0.4, 0.5) is 10.6 Å². The number of hydrogen-bond acceptors (Lipinski definition) is 4. The highest BCUT2D eigenvalue weighted by Gasteiger charge is 2.05. The number of amides is 1. The fourth-order valence-corrected chi connectivity index (χ4v) is 1.30. The first kappa shape index (κ1) is 12.5. The predicted octanol–water partition coefficient (Wildman–Crippen LogP) is 2.47. The number of halogens is 1. The molecule has 5 nitrogen and oxygen atoms in total. The number of aromatic nitrogens is 1. The van der Waals surface area contributed by atoms with Crippen LogP contribution in [-0.4, -0.2) is 17.7 Å². The van der Waals surface area contributed by atoms with Gasteiger partial charge in [-0.25, -0.2) is 9.78 Å². The molecule has 2 N–H and O–H groups in total. The molecule has 0 aliphatic rings. The number of nitrogens with one attached hydrogen (secondary N) is 2. The van der Waals surface area contributed by atoms with E-state index in [-0.39, 0.29) is 0 Å². The zero-order valence-electron chi connectivity index (χ0n) is 8.79. The molecule has 86 valence electrons. The van der Waals surface area contributed by atoms with Crippen molar-refractivity contribution in [3.05, 3.63) is 35.2 Å². The Labute approximate surface area is 102 Å². The molecule has 1 heterocycles. The van der Waals surface area contributed by atoms with E-state index in [1.165, 1.54) is 0 Å². The van der Waals surface area contributed by atoms with E-state index in [0.29, 0.717) is 18.2 Å². The number of rotatable bonds is 4. The maximum absolute atomic E-state index is 11.1. The Morgan fingerprint density at radius 3 is 3.06 bits per heavy atom. The van der Waals surface area contributed by atoms with Crippen molar-refractivity contribution in [3.8, 4) is 0 Å². The molecule has 0 atom stereocenters. The summed E-state index contributed by atoms with van der Waals surface area (Å²) in [7, 11) is 0. The average molecular weight is 286 g/mol. The first-order valence-corrected chi connectivity index (χ1v) is 5.43. The van der Waals surface area contributed by atoms with Gasteiger partial charge >= 0.3 is 6.09 Å². The highest BCUT2D eigenvalue weighted by atomic mass is 79.9.